The minimum absolute atomic E-state index is 0.277. The predicted octanol–water partition coefficient (Wildman–Crippen LogP) is 4.41. The molecule has 6 nitrogen and oxygen atoms in total. The summed E-state index contributed by atoms with van der Waals surface area (Å²) in [4.78, 5) is 16.6. The number of benzene rings is 1. The van der Waals surface area contributed by atoms with Gasteiger partial charge in [0.2, 0.25) is 5.89 Å². The van der Waals surface area contributed by atoms with Crippen LogP contribution in [0.5, 0.6) is 5.75 Å². The lowest BCUT2D eigenvalue weighted by molar-refractivity contribution is -0.143. The number of hydrogen-bond donors (Lipinski definition) is 1. The van der Waals surface area contributed by atoms with Crippen LogP contribution in [0.15, 0.2) is 28.7 Å². The number of nitrogens with zero attached hydrogens (tertiary/aromatic N) is 1. The topological polar surface area (TPSA) is 73.6 Å². The Bertz CT molecular complexity index is 885. The van der Waals surface area contributed by atoms with Crippen molar-refractivity contribution >= 4 is 12.0 Å². The van der Waals surface area contributed by atoms with Crippen molar-refractivity contribution in [3.8, 4) is 5.75 Å². The quantitative estimate of drug-likeness (QED) is 0.615. The largest absolute Gasteiger partial charge is 0.493 e. The fourth-order valence-corrected chi connectivity index (χ4v) is 3.58. The fourth-order valence-electron chi connectivity index (χ4n) is 3.58. The molecule has 0 spiro atoms. The van der Waals surface area contributed by atoms with E-state index in [0.29, 0.717) is 24.8 Å². The van der Waals surface area contributed by atoms with Crippen molar-refractivity contribution < 1.29 is 18.7 Å². The summed E-state index contributed by atoms with van der Waals surface area (Å²) >= 11 is 0. The molecule has 0 amide bonds. The van der Waals surface area contributed by atoms with E-state index in [2.05, 4.69) is 30.2 Å². The Balaban J connectivity index is 1.57. The number of allylic oxidation sites excluding steroid dienone is 1. The molecule has 0 aliphatic carbocycles. The van der Waals surface area contributed by atoms with Crippen LogP contribution in [0.25, 0.3) is 6.08 Å². The van der Waals surface area contributed by atoms with Crippen LogP contribution < -0.4 is 10.1 Å². The second-order valence-corrected chi connectivity index (χ2v) is 8.05. The number of hydrogen-bond acceptors (Lipinski definition) is 6. The van der Waals surface area contributed by atoms with E-state index < -0.39 is 6.04 Å². The van der Waals surface area contributed by atoms with Gasteiger partial charge in [-0.3, -0.25) is 0 Å². The lowest BCUT2D eigenvalue weighted by atomic mass is 9.94. The maximum absolute atomic E-state index is 12.1. The van der Waals surface area contributed by atoms with Gasteiger partial charge in [-0.15, -0.1) is 0 Å². The van der Waals surface area contributed by atoms with Gasteiger partial charge < -0.3 is 19.2 Å². The van der Waals surface area contributed by atoms with Crippen LogP contribution in [0.4, 0.5) is 0 Å². The monoisotopic (exact) mass is 412 g/mol. The molecule has 1 unspecified atom stereocenters. The molecule has 2 aromatic rings. The van der Waals surface area contributed by atoms with E-state index in [0.717, 1.165) is 54.1 Å². The minimum Gasteiger partial charge on any atom is -0.493 e. The Kier molecular flexibility index (Phi) is 7.69. The van der Waals surface area contributed by atoms with Crippen LogP contribution in [0.1, 0.15) is 61.2 Å². The van der Waals surface area contributed by atoms with E-state index in [-0.39, 0.29) is 5.97 Å². The number of carbonyl (C=O) groups is 1. The highest BCUT2D eigenvalue weighted by atomic mass is 16.5. The summed E-state index contributed by atoms with van der Waals surface area (Å²) in [5.41, 5.74) is 2.99. The van der Waals surface area contributed by atoms with Crippen molar-refractivity contribution in [2.45, 2.75) is 52.5 Å². The lowest BCUT2D eigenvalue weighted by Gasteiger charge is -2.25. The molecule has 162 valence electrons. The number of rotatable bonds is 9. The lowest BCUT2D eigenvalue weighted by Crippen LogP contribution is -2.35. The van der Waals surface area contributed by atoms with E-state index >= 15 is 0 Å². The highest BCUT2D eigenvalue weighted by Gasteiger charge is 2.27. The summed E-state index contributed by atoms with van der Waals surface area (Å²) in [6.45, 7) is 7.61. The Morgan fingerprint density at radius 1 is 1.40 bits per heavy atom. The van der Waals surface area contributed by atoms with Gasteiger partial charge in [-0.05, 0) is 61.4 Å². The van der Waals surface area contributed by atoms with Gasteiger partial charge in [-0.1, -0.05) is 26.0 Å². The van der Waals surface area contributed by atoms with Crippen molar-refractivity contribution in [2.24, 2.45) is 5.92 Å². The van der Waals surface area contributed by atoms with E-state index in [1.165, 1.54) is 7.11 Å². The molecule has 1 aromatic heterocycles. The number of fused-ring (bicyclic) bond motifs is 1. The molecule has 0 saturated heterocycles. The molecule has 6 heteroatoms. The van der Waals surface area contributed by atoms with Gasteiger partial charge in [0.25, 0.3) is 0 Å². The van der Waals surface area contributed by atoms with Crippen LogP contribution >= 0.6 is 0 Å². The molecule has 0 bridgehead atoms. The maximum Gasteiger partial charge on any atom is 0.327 e. The Morgan fingerprint density at radius 2 is 2.23 bits per heavy atom. The molecule has 0 saturated carbocycles. The summed E-state index contributed by atoms with van der Waals surface area (Å²) in [5, 5.41) is 3.21. The summed E-state index contributed by atoms with van der Waals surface area (Å²) < 4.78 is 16.6. The third-order valence-electron chi connectivity index (χ3n) is 5.30. The Labute approximate surface area is 178 Å². The van der Waals surface area contributed by atoms with Crippen molar-refractivity contribution in [3.63, 3.8) is 0 Å². The highest BCUT2D eigenvalue weighted by Crippen LogP contribution is 2.28. The highest BCUT2D eigenvalue weighted by molar-refractivity contribution is 5.78. The molecule has 1 atom stereocenters. The minimum atomic E-state index is -0.440. The summed E-state index contributed by atoms with van der Waals surface area (Å²) in [6, 6.07) is 5.48. The van der Waals surface area contributed by atoms with Gasteiger partial charge in [-0.25, -0.2) is 9.78 Å². The van der Waals surface area contributed by atoms with E-state index in [9.17, 15) is 4.79 Å². The van der Waals surface area contributed by atoms with Crippen LogP contribution in [0.3, 0.4) is 0 Å². The molecule has 30 heavy (non-hydrogen) atoms. The smallest absolute Gasteiger partial charge is 0.327 e. The first-order chi connectivity index (χ1) is 14.5. The molecule has 3 rings (SSSR count). The van der Waals surface area contributed by atoms with Gasteiger partial charge in [0.05, 0.1) is 19.4 Å². The first-order valence-electron chi connectivity index (χ1n) is 10.7. The van der Waals surface area contributed by atoms with E-state index in [1.54, 1.807) is 0 Å². The molecule has 0 fully saturated rings. The molecule has 0 radical (unpaired) electrons. The second kappa shape index (κ2) is 10.4. The fraction of sp³-hybridized carbons (Fsp3) is 0.500. The zero-order chi connectivity index (χ0) is 21.5. The van der Waals surface area contributed by atoms with Crippen LogP contribution in [0, 0.1) is 12.8 Å². The number of esters is 1. The summed E-state index contributed by atoms with van der Waals surface area (Å²) in [6.07, 6.45) is 7.79. The van der Waals surface area contributed by atoms with Crippen molar-refractivity contribution in [1.29, 1.82) is 0 Å². The number of aryl methyl sites for hydroxylation is 1. The van der Waals surface area contributed by atoms with Gasteiger partial charge in [0, 0.05) is 13.0 Å². The van der Waals surface area contributed by atoms with Crippen LogP contribution in [-0.2, 0) is 22.4 Å². The molecule has 1 aliphatic rings. The molecule has 1 aromatic carbocycles. The average Bonchev–Trinajstić information content (AvgIpc) is 3.09. The number of aromatic nitrogens is 1. The third kappa shape index (κ3) is 5.72. The molecular formula is C24H32N2O4. The van der Waals surface area contributed by atoms with Crippen LogP contribution in [0.2, 0.25) is 0 Å². The number of carbonyl (C=O) groups excluding carboxylic acids is 1. The average molecular weight is 413 g/mol. The standard InChI is InChI=1S/C24H32N2O4/c1-16(2)7-5-6-8-22-26-21(17(3)30-22)12-14-29-19-10-9-18-11-13-25-23(20(18)15-19)24(27)28-4/h6,8-10,15-16,23,25H,5,7,11-14H2,1-4H3/b8-6+. The second-order valence-electron chi connectivity index (χ2n) is 8.05. The summed E-state index contributed by atoms with van der Waals surface area (Å²) in [5.74, 6) is 2.62. The Hall–Kier alpha value is -2.60. The number of nitrogens with one attached hydrogen (secondary N) is 1. The van der Waals surface area contributed by atoms with Gasteiger partial charge in [-0.2, -0.15) is 0 Å². The predicted molar refractivity (Wildman–Crippen MR) is 116 cm³/mol. The Morgan fingerprint density at radius 3 is 3.00 bits per heavy atom. The third-order valence-corrected chi connectivity index (χ3v) is 5.30. The molecule has 1 aliphatic heterocycles. The van der Waals surface area contributed by atoms with Crippen molar-refractivity contribution in [1.82, 2.24) is 10.3 Å². The first-order valence-corrected chi connectivity index (χ1v) is 10.7. The number of methoxy groups -OCH3 is 1. The zero-order valence-electron chi connectivity index (χ0n) is 18.4. The zero-order valence-corrected chi connectivity index (χ0v) is 18.4. The SMILES string of the molecule is COC(=O)C1NCCc2ccc(OCCc3nc(/C=C/CCC(C)C)oc3C)cc21. The molecule has 1 N–H and O–H groups in total. The van der Waals surface area contributed by atoms with Gasteiger partial charge in [0.1, 0.15) is 17.6 Å². The number of oxazole rings is 1. The van der Waals surface area contributed by atoms with E-state index in [4.69, 9.17) is 13.9 Å². The first kappa shape index (κ1) is 22.1. The normalized spacial score (nSPS) is 16.1. The van der Waals surface area contributed by atoms with Crippen molar-refractivity contribution in [3.05, 3.63) is 52.7 Å². The van der Waals surface area contributed by atoms with E-state index in [1.807, 2.05) is 31.2 Å². The van der Waals surface area contributed by atoms with Gasteiger partial charge in [0.15, 0.2) is 0 Å². The molecular weight excluding hydrogens is 380 g/mol. The summed E-state index contributed by atoms with van der Waals surface area (Å²) in [7, 11) is 1.41. The van der Waals surface area contributed by atoms with Crippen LogP contribution in [-0.4, -0.2) is 31.2 Å². The van der Waals surface area contributed by atoms with Crippen molar-refractivity contribution in [2.75, 3.05) is 20.3 Å². The number of ether oxygens (including phenoxy) is 2. The maximum atomic E-state index is 12.1. The van der Waals surface area contributed by atoms with Gasteiger partial charge >= 0.3 is 5.97 Å². The molecule has 2 heterocycles.